The highest BCUT2D eigenvalue weighted by Crippen LogP contribution is 2.38. The van der Waals surface area contributed by atoms with Crippen LogP contribution in [0.4, 0.5) is 5.69 Å². The number of hydrogen-bond acceptors (Lipinski definition) is 2. The van der Waals surface area contributed by atoms with Crippen LogP contribution in [0.5, 0.6) is 0 Å². The van der Waals surface area contributed by atoms with Crippen molar-refractivity contribution in [1.82, 2.24) is 5.32 Å². The molecule has 0 spiro atoms. The number of hydrogen-bond donors (Lipinski definition) is 1. The molecule has 0 heterocycles. The molecule has 0 unspecified atom stereocenters. The van der Waals surface area contributed by atoms with E-state index in [1.807, 2.05) is 0 Å². The third-order valence-corrected chi connectivity index (χ3v) is 7.25. The zero-order valence-electron chi connectivity index (χ0n) is 20.7. The van der Waals surface area contributed by atoms with Gasteiger partial charge in [0.25, 0.3) is 0 Å². The minimum atomic E-state index is 0.600. The lowest BCUT2D eigenvalue weighted by molar-refractivity contribution is 0.582. The smallest absolute Gasteiger partial charge is 0.0429 e. The normalized spacial score (nSPS) is 15.3. The molecule has 3 aromatic carbocycles. The van der Waals surface area contributed by atoms with Crippen LogP contribution < -0.4 is 10.2 Å². The topological polar surface area (TPSA) is 15.3 Å². The van der Waals surface area contributed by atoms with E-state index in [-0.39, 0.29) is 0 Å². The molecule has 0 aliphatic heterocycles. The van der Waals surface area contributed by atoms with E-state index in [9.17, 15) is 0 Å². The molecule has 0 fully saturated rings. The third kappa shape index (κ3) is 5.86. The number of nitrogens with one attached hydrogen (secondary N) is 1. The number of fused-ring (bicyclic) bond motifs is 1. The van der Waals surface area contributed by atoms with Crippen molar-refractivity contribution in [2.45, 2.75) is 65.3 Å². The van der Waals surface area contributed by atoms with E-state index in [1.165, 1.54) is 46.3 Å². The van der Waals surface area contributed by atoms with Crippen LogP contribution in [0.1, 0.15) is 66.5 Å². The van der Waals surface area contributed by atoms with Gasteiger partial charge >= 0.3 is 0 Å². The summed E-state index contributed by atoms with van der Waals surface area (Å²) in [7, 11) is 0. The molecule has 1 atom stereocenters. The molecule has 2 heteroatoms. The Morgan fingerprint density at radius 3 is 2.30 bits per heavy atom. The Labute approximate surface area is 201 Å². The van der Waals surface area contributed by atoms with Crippen LogP contribution >= 0.6 is 0 Å². The van der Waals surface area contributed by atoms with Crippen molar-refractivity contribution in [3.8, 4) is 0 Å². The number of aryl methyl sites for hydroxylation is 2. The third-order valence-electron chi connectivity index (χ3n) is 7.25. The number of nitrogens with zero attached hydrogens (tertiary/aromatic N) is 1. The first-order valence-electron chi connectivity index (χ1n) is 12.9. The molecule has 0 saturated carbocycles. The lowest BCUT2D eigenvalue weighted by Crippen LogP contribution is -2.25. The number of anilines is 1. The number of benzene rings is 3. The van der Waals surface area contributed by atoms with E-state index in [0.717, 1.165) is 45.4 Å². The second kappa shape index (κ2) is 11.5. The zero-order valence-corrected chi connectivity index (χ0v) is 20.7. The molecule has 2 nitrogen and oxygen atoms in total. The highest BCUT2D eigenvalue weighted by Gasteiger charge is 2.24. The maximum absolute atomic E-state index is 3.42. The Kier molecular flexibility index (Phi) is 8.23. The summed E-state index contributed by atoms with van der Waals surface area (Å²) in [5, 5.41) is 3.42. The van der Waals surface area contributed by atoms with E-state index in [1.54, 1.807) is 5.56 Å². The Balaban J connectivity index is 1.56. The second-order valence-electron chi connectivity index (χ2n) is 9.39. The SMILES string of the molecule is CCNCCc1ccc(CN(CC)c2cc(CC)ccc2[C@@H]2CCc3ccccc3C2)cc1. The van der Waals surface area contributed by atoms with Crippen molar-refractivity contribution in [1.29, 1.82) is 0 Å². The molecule has 0 saturated heterocycles. The highest BCUT2D eigenvalue weighted by molar-refractivity contribution is 5.58. The Hall–Kier alpha value is -2.58. The first-order chi connectivity index (χ1) is 16.2. The summed E-state index contributed by atoms with van der Waals surface area (Å²) in [6.07, 6.45) is 5.77. The Morgan fingerprint density at radius 2 is 1.58 bits per heavy atom. The fourth-order valence-electron chi connectivity index (χ4n) is 5.20. The summed E-state index contributed by atoms with van der Waals surface area (Å²) < 4.78 is 0. The Morgan fingerprint density at radius 1 is 0.848 bits per heavy atom. The van der Waals surface area contributed by atoms with Gasteiger partial charge in [-0.25, -0.2) is 0 Å². The molecule has 4 rings (SSSR count). The summed E-state index contributed by atoms with van der Waals surface area (Å²) in [5.41, 5.74) is 10.3. The molecule has 0 amide bonds. The minimum absolute atomic E-state index is 0.600. The molecule has 1 aliphatic rings. The predicted octanol–water partition coefficient (Wildman–Crippen LogP) is 6.70. The Bertz CT molecular complexity index is 1020. The van der Waals surface area contributed by atoms with Gasteiger partial charge in [0.15, 0.2) is 0 Å². The van der Waals surface area contributed by atoms with E-state index in [2.05, 4.69) is 97.7 Å². The van der Waals surface area contributed by atoms with Crippen molar-refractivity contribution in [3.05, 3.63) is 100 Å². The van der Waals surface area contributed by atoms with Gasteiger partial charge in [-0.3, -0.25) is 0 Å². The average molecular weight is 441 g/mol. The summed E-state index contributed by atoms with van der Waals surface area (Å²) >= 11 is 0. The predicted molar refractivity (Wildman–Crippen MR) is 142 cm³/mol. The molecular formula is C31H40N2. The van der Waals surface area contributed by atoms with Crippen LogP contribution in [0.3, 0.4) is 0 Å². The van der Waals surface area contributed by atoms with Gasteiger partial charge in [0, 0.05) is 18.8 Å². The van der Waals surface area contributed by atoms with Gasteiger partial charge in [-0.05, 0) is 97.5 Å². The van der Waals surface area contributed by atoms with Gasteiger partial charge < -0.3 is 10.2 Å². The van der Waals surface area contributed by atoms with Crippen molar-refractivity contribution >= 4 is 5.69 Å². The number of rotatable bonds is 10. The van der Waals surface area contributed by atoms with E-state index >= 15 is 0 Å². The quantitative estimate of drug-likeness (QED) is 0.353. The van der Waals surface area contributed by atoms with Gasteiger partial charge in [0.05, 0.1) is 0 Å². The van der Waals surface area contributed by atoms with Crippen molar-refractivity contribution < 1.29 is 0 Å². The molecule has 174 valence electrons. The molecule has 1 N–H and O–H groups in total. The van der Waals surface area contributed by atoms with Gasteiger partial charge in [0.1, 0.15) is 0 Å². The van der Waals surface area contributed by atoms with Gasteiger partial charge in [-0.15, -0.1) is 0 Å². The average Bonchev–Trinajstić information content (AvgIpc) is 2.87. The van der Waals surface area contributed by atoms with Gasteiger partial charge in [-0.1, -0.05) is 74.5 Å². The maximum atomic E-state index is 3.42. The molecule has 33 heavy (non-hydrogen) atoms. The van der Waals surface area contributed by atoms with Gasteiger partial charge in [0.2, 0.25) is 0 Å². The molecule has 3 aromatic rings. The molecule has 0 radical (unpaired) electrons. The molecule has 0 aromatic heterocycles. The summed E-state index contributed by atoms with van der Waals surface area (Å²) in [4.78, 5) is 2.59. The standard InChI is InChI=1S/C31H40N2/c1-4-24-15-18-30(29-17-16-27-9-7-8-10-28(27)22-29)31(21-24)33(6-3)23-26-13-11-25(12-14-26)19-20-32-5-2/h7-15,18,21,29,32H,4-6,16-17,19-20,22-23H2,1-3H3/t29-/m1/s1. The van der Waals surface area contributed by atoms with Crippen molar-refractivity contribution in [3.63, 3.8) is 0 Å². The van der Waals surface area contributed by atoms with Crippen molar-refractivity contribution in [2.75, 3.05) is 24.5 Å². The molecule has 1 aliphatic carbocycles. The minimum Gasteiger partial charge on any atom is -0.367 e. The van der Waals surface area contributed by atoms with E-state index < -0.39 is 0 Å². The highest BCUT2D eigenvalue weighted by atomic mass is 15.1. The lowest BCUT2D eigenvalue weighted by atomic mass is 9.79. The summed E-state index contributed by atoms with van der Waals surface area (Å²) in [6, 6.07) is 25.5. The van der Waals surface area contributed by atoms with Crippen LogP contribution in [0, 0.1) is 0 Å². The van der Waals surface area contributed by atoms with Crippen molar-refractivity contribution in [2.24, 2.45) is 0 Å². The summed E-state index contributed by atoms with van der Waals surface area (Å²) in [6.45, 7) is 10.8. The van der Waals surface area contributed by atoms with Crippen LogP contribution in [-0.4, -0.2) is 19.6 Å². The number of likely N-dealkylation sites (N-methyl/N-ethyl adjacent to an activating group) is 1. The lowest BCUT2D eigenvalue weighted by Gasteiger charge is -2.32. The monoisotopic (exact) mass is 440 g/mol. The van der Waals surface area contributed by atoms with E-state index in [4.69, 9.17) is 0 Å². The van der Waals surface area contributed by atoms with Crippen LogP contribution in [0.25, 0.3) is 0 Å². The largest absolute Gasteiger partial charge is 0.367 e. The first kappa shape index (κ1) is 23.6. The van der Waals surface area contributed by atoms with Crippen LogP contribution in [0.2, 0.25) is 0 Å². The maximum Gasteiger partial charge on any atom is 0.0429 e. The fourth-order valence-corrected chi connectivity index (χ4v) is 5.20. The fraction of sp³-hybridized carbons (Fsp3) is 0.419. The molecular weight excluding hydrogens is 400 g/mol. The summed E-state index contributed by atoms with van der Waals surface area (Å²) in [5.74, 6) is 0.600. The van der Waals surface area contributed by atoms with E-state index in [0.29, 0.717) is 5.92 Å². The second-order valence-corrected chi connectivity index (χ2v) is 9.39. The molecule has 0 bridgehead atoms. The van der Waals surface area contributed by atoms with Crippen LogP contribution in [0.15, 0.2) is 66.7 Å². The van der Waals surface area contributed by atoms with Crippen LogP contribution in [-0.2, 0) is 32.2 Å². The zero-order chi connectivity index (χ0) is 23.0. The first-order valence-corrected chi connectivity index (χ1v) is 12.9. The van der Waals surface area contributed by atoms with Gasteiger partial charge in [-0.2, -0.15) is 0 Å².